The number of fused-ring (bicyclic) bond motifs is 1. The minimum absolute atomic E-state index is 0. The summed E-state index contributed by atoms with van der Waals surface area (Å²) in [5, 5.41) is 0.768. The highest BCUT2D eigenvalue weighted by atomic mass is 35.5. The number of aromatic amines is 1. The average Bonchev–Trinajstić information content (AvgIpc) is 2.47. The van der Waals surface area contributed by atoms with Crippen molar-refractivity contribution in [2.75, 3.05) is 5.73 Å². The molecule has 0 saturated heterocycles. The van der Waals surface area contributed by atoms with E-state index in [2.05, 4.69) is 9.97 Å². The number of nitrogen functional groups attached to an aromatic ring is 1. The lowest BCUT2D eigenvalue weighted by Crippen LogP contribution is -2.05. The number of hydrogen-bond acceptors (Lipinski definition) is 3. The van der Waals surface area contributed by atoms with Crippen LogP contribution in [0.1, 0.15) is 12.6 Å². The van der Waals surface area contributed by atoms with E-state index in [4.69, 9.17) is 5.73 Å². The van der Waals surface area contributed by atoms with Crippen molar-refractivity contribution in [2.24, 2.45) is 0 Å². The van der Waals surface area contributed by atoms with E-state index in [9.17, 15) is 9.18 Å². The molecule has 0 radical (unpaired) electrons. The molecule has 0 aliphatic rings. The predicted molar refractivity (Wildman–Crippen MR) is 88.8 cm³/mol. The second kappa shape index (κ2) is 6.15. The summed E-state index contributed by atoms with van der Waals surface area (Å²) in [6, 6.07) is 9.50. The molecule has 0 spiro atoms. The lowest BCUT2D eigenvalue weighted by molar-refractivity contribution is 0.632. The van der Waals surface area contributed by atoms with Gasteiger partial charge in [-0.1, -0.05) is 6.92 Å². The van der Waals surface area contributed by atoms with Crippen LogP contribution in [-0.2, 0) is 6.42 Å². The second-order valence-corrected chi connectivity index (χ2v) is 4.79. The van der Waals surface area contributed by atoms with E-state index in [1.165, 1.54) is 12.1 Å². The van der Waals surface area contributed by atoms with Crippen LogP contribution in [0.2, 0.25) is 0 Å². The largest absolute Gasteiger partial charge is 0.384 e. The van der Waals surface area contributed by atoms with E-state index in [0.717, 1.165) is 5.39 Å². The van der Waals surface area contributed by atoms with Crippen molar-refractivity contribution in [3.8, 4) is 11.1 Å². The van der Waals surface area contributed by atoms with Gasteiger partial charge in [0.2, 0.25) is 5.56 Å². The van der Waals surface area contributed by atoms with E-state index in [1.807, 2.05) is 6.92 Å². The van der Waals surface area contributed by atoms with Gasteiger partial charge in [0.25, 0.3) is 0 Å². The number of anilines is 1. The molecule has 0 bridgehead atoms. The Bertz CT molecular complexity index is 892. The number of halogens is 2. The molecule has 3 aromatic rings. The van der Waals surface area contributed by atoms with Gasteiger partial charge in [-0.2, -0.15) is 0 Å². The van der Waals surface area contributed by atoms with Crippen molar-refractivity contribution in [1.29, 1.82) is 0 Å². The number of H-pyrrole nitrogens is 1. The van der Waals surface area contributed by atoms with E-state index in [-0.39, 0.29) is 18.0 Å². The Morgan fingerprint density at radius 3 is 2.64 bits per heavy atom. The minimum atomic E-state index is -0.398. The van der Waals surface area contributed by atoms with Crippen LogP contribution in [-0.4, -0.2) is 9.97 Å². The van der Waals surface area contributed by atoms with Gasteiger partial charge in [0.05, 0.1) is 11.2 Å². The maximum atomic E-state index is 14.4. The van der Waals surface area contributed by atoms with Crippen LogP contribution in [0.5, 0.6) is 0 Å². The first-order chi connectivity index (χ1) is 10.1. The van der Waals surface area contributed by atoms with Gasteiger partial charge in [-0.05, 0) is 42.1 Å². The fraction of sp³-hybridized carbons (Fsp3) is 0.125. The standard InChI is InChI=1S/C16H14FN3O.ClH/c1-2-12-10(5-7-13(18)19-12)15-11(17)6-3-9-4-8-14(21)20-16(9)15;/h3-8H,2H2,1H3,(H2,18,19)(H,20,21);1H. The number of nitrogens with two attached hydrogens (primary N) is 1. The summed E-state index contributed by atoms with van der Waals surface area (Å²) in [5.41, 5.74) is 7.61. The third-order valence-electron chi connectivity index (χ3n) is 3.45. The van der Waals surface area contributed by atoms with Crippen LogP contribution in [0.25, 0.3) is 22.0 Å². The monoisotopic (exact) mass is 319 g/mol. The molecular formula is C16H15ClFN3O. The van der Waals surface area contributed by atoms with Crippen LogP contribution < -0.4 is 11.3 Å². The quantitative estimate of drug-likeness (QED) is 0.761. The van der Waals surface area contributed by atoms with E-state index in [1.54, 1.807) is 24.3 Å². The summed E-state index contributed by atoms with van der Waals surface area (Å²) in [5.74, 6) is -0.00430. The molecule has 4 nitrogen and oxygen atoms in total. The van der Waals surface area contributed by atoms with Gasteiger partial charge in [0.1, 0.15) is 11.6 Å². The Morgan fingerprint density at radius 1 is 1.18 bits per heavy atom. The summed E-state index contributed by atoms with van der Waals surface area (Å²) in [6.07, 6.45) is 0.618. The van der Waals surface area contributed by atoms with Crippen molar-refractivity contribution >= 4 is 29.1 Å². The number of nitrogens with one attached hydrogen (secondary N) is 1. The zero-order chi connectivity index (χ0) is 15.0. The molecule has 0 aliphatic carbocycles. The molecule has 0 unspecified atom stereocenters. The van der Waals surface area contributed by atoms with Crippen LogP contribution in [0, 0.1) is 5.82 Å². The zero-order valence-electron chi connectivity index (χ0n) is 11.9. The molecule has 0 fully saturated rings. The molecule has 3 rings (SSSR count). The fourth-order valence-corrected chi connectivity index (χ4v) is 2.48. The lowest BCUT2D eigenvalue weighted by Gasteiger charge is -2.12. The van der Waals surface area contributed by atoms with Crippen molar-refractivity contribution in [1.82, 2.24) is 9.97 Å². The van der Waals surface area contributed by atoms with E-state index in [0.29, 0.717) is 34.6 Å². The number of rotatable bonds is 2. The Labute approximate surface area is 132 Å². The summed E-state index contributed by atoms with van der Waals surface area (Å²) in [7, 11) is 0. The maximum absolute atomic E-state index is 14.4. The number of aromatic nitrogens is 2. The molecule has 0 aliphatic heterocycles. The molecule has 0 amide bonds. The highest BCUT2D eigenvalue weighted by molar-refractivity contribution is 5.94. The molecule has 6 heteroatoms. The SMILES string of the molecule is CCc1nc(N)ccc1-c1c(F)ccc2ccc(=O)[nH]c12.Cl. The Hall–Kier alpha value is -2.40. The molecule has 114 valence electrons. The average molecular weight is 320 g/mol. The minimum Gasteiger partial charge on any atom is -0.384 e. The van der Waals surface area contributed by atoms with Crippen LogP contribution in [0.15, 0.2) is 41.2 Å². The van der Waals surface area contributed by atoms with Crippen LogP contribution in [0.3, 0.4) is 0 Å². The highest BCUT2D eigenvalue weighted by Crippen LogP contribution is 2.32. The van der Waals surface area contributed by atoms with Gasteiger partial charge in [-0.15, -0.1) is 12.4 Å². The smallest absolute Gasteiger partial charge is 0.248 e. The van der Waals surface area contributed by atoms with Gasteiger partial charge >= 0.3 is 0 Å². The lowest BCUT2D eigenvalue weighted by atomic mass is 9.99. The number of aryl methyl sites for hydroxylation is 1. The molecule has 3 N–H and O–H groups in total. The normalized spacial score (nSPS) is 10.5. The second-order valence-electron chi connectivity index (χ2n) is 4.79. The summed E-state index contributed by atoms with van der Waals surface area (Å²) in [4.78, 5) is 18.5. The van der Waals surface area contributed by atoms with E-state index < -0.39 is 5.82 Å². The molecule has 2 aromatic heterocycles. The molecule has 0 atom stereocenters. The molecule has 1 aromatic carbocycles. The maximum Gasteiger partial charge on any atom is 0.248 e. The van der Waals surface area contributed by atoms with Crippen LogP contribution in [0.4, 0.5) is 10.2 Å². The third-order valence-corrected chi connectivity index (χ3v) is 3.45. The number of benzene rings is 1. The molecule has 22 heavy (non-hydrogen) atoms. The topological polar surface area (TPSA) is 71.8 Å². The number of nitrogens with zero attached hydrogens (tertiary/aromatic N) is 1. The van der Waals surface area contributed by atoms with Gasteiger partial charge < -0.3 is 10.7 Å². The highest BCUT2D eigenvalue weighted by Gasteiger charge is 2.15. The Balaban J connectivity index is 0.00000176. The summed E-state index contributed by atoms with van der Waals surface area (Å²) >= 11 is 0. The first-order valence-electron chi connectivity index (χ1n) is 6.67. The van der Waals surface area contributed by atoms with Gasteiger partial charge in [0.15, 0.2) is 0 Å². The molecular weight excluding hydrogens is 305 g/mol. The summed E-state index contributed by atoms with van der Waals surface area (Å²) in [6.45, 7) is 1.93. The van der Waals surface area contributed by atoms with Crippen molar-refractivity contribution < 1.29 is 4.39 Å². The van der Waals surface area contributed by atoms with Gasteiger partial charge in [0, 0.05) is 17.2 Å². The molecule has 0 saturated carbocycles. The van der Waals surface area contributed by atoms with Crippen molar-refractivity contribution in [2.45, 2.75) is 13.3 Å². The first-order valence-corrected chi connectivity index (χ1v) is 6.67. The Kier molecular flexibility index (Phi) is 4.47. The third kappa shape index (κ3) is 2.67. The predicted octanol–water partition coefficient (Wildman–Crippen LogP) is 3.30. The van der Waals surface area contributed by atoms with E-state index >= 15 is 0 Å². The molecule has 2 heterocycles. The van der Waals surface area contributed by atoms with Crippen molar-refractivity contribution in [3.63, 3.8) is 0 Å². The first kappa shape index (κ1) is 16.0. The summed E-state index contributed by atoms with van der Waals surface area (Å²) < 4.78 is 14.4. The number of hydrogen-bond donors (Lipinski definition) is 2. The van der Waals surface area contributed by atoms with Crippen LogP contribution >= 0.6 is 12.4 Å². The number of pyridine rings is 2. The Morgan fingerprint density at radius 2 is 1.91 bits per heavy atom. The van der Waals surface area contributed by atoms with Crippen molar-refractivity contribution in [3.05, 3.63) is 58.3 Å². The fourth-order valence-electron chi connectivity index (χ4n) is 2.48. The van der Waals surface area contributed by atoms with Gasteiger partial charge in [-0.25, -0.2) is 9.37 Å². The zero-order valence-corrected chi connectivity index (χ0v) is 12.7. The van der Waals surface area contributed by atoms with Gasteiger partial charge in [-0.3, -0.25) is 4.79 Å².